The lowest BCUT2D eigenvalue weighted by Crippen LogP contribution is -2.14. The maximum Gasteiger partial charge on any atom is 0.435 e. The Morgan fingerprint density at radius 3 is 2.39 bits per heavy atom. The molecule has 1 atom stereocenters. The summed E-state index contributed by atoms with van der Waals surface area (Å²) in [4.78, 5) is 15.9. The van der Waals surface area contributed by atoms with Crippen molar-refractivity contribution in [2.45, 2.75) is 65.0 Å². The minimum atomic E-state index is -4.76. The number of ketones is 1. The first kappa shape index (κ1) is 29.0. The highest BCUT2D eigenvalue weighted by molar-refractivity contribution is 5.81. The molecular weight excluding hydrogens is 520 g/mol. The van der Waals surface area contributed by atoms with Crippen molar-refractivity contribution in [2.75, 3.05) is 6.61 Å². The zero-order valence-electron chi connectivity index (χ0n) is 20.7. The molecule has 1 N–H and O–H groups in total. The van der Waals surface area contributed by atoms with Gasteiger partial charge in [-0.15, -0.1) is 5.10 Å². The Bertz CT molecular complexity index is 1290. The molecule has 0 bridgehead atoms. The standard InChI is InChI=1S/C24H25F6N5O3/c1-4-38-20-10-15(9-19(31-20)23(25,26)27)8-17(37)6-5-16-7-13(2)21(33-32-16)18-12-35(11-14(3)36)34-22(18)24(28,29)30/h7,9-10,12,14,36H,4-6,8,11H2,1-3H3. The van der Waals surface area contributed by atoms with Crippen LogP contribution in [0.15, 0.2) is 24.4 Å². The molecule has 14 heteroatoms. The van der Waals surface area contributed by atoms with Crippen LogP contribution in [-0.2, 0) is 36.5 Å². The fraction of sp³-hybridized carbons (Fsp3) is 0.458. The van der Waals surface area contributed by atoms with Crippen LogP contribution in [-0.4, -0.2) is 48.6 Å². The topological polar surface area (TPSA) is 103 Å². The maximum atomic E-state index is 13.5. The highest BCUT2D eigenvalue weighted by atomic mass is 19.4. The van der Waals surface area contributed by atoms with E-state index in [4.69, 9.17) is 4.74 Å². The van der Waals surface area contributed by atoms with Gasteiger partial charge in [-0.3, -0.25) is 9.48 Å². The van der Waals surface area contributed by atoms with Crippen LogP contribution in [0.4, 0.5) is 26.3 Å². The minimum absolute atomic E-state index is 0.0517. The first-order valence-corrected chi connectivity index (χ1v) is 11.6. The summed E-state index contributed by atoms with van der Waals surface area (Å²) in [7, 11) is 0. The van der Waals surface area contributed by atoms with Crippen LogP contribution >= 0.6 is 0 Å². The third-order valence-electron chi connectivity index (χ3n) is 5.28. The Kier molecular flexibility index (Phi) is 8.75. The number of aliphatic hydroxyl groups is 1. The van der Waals surface area contributed by atoms with E-state index in [0.717, 1.165) is 16.9 Å². The fourth-order valence-corrected chi connectivity index (χ4v) is 3.71. The van der Waals surface area contributed by atoms with Crippen LogP contribution in [0.2, 0.25) is 0 Å². The van der Waals surface area contributed by atoms with E-state index < -0.39 is 29.8 Å². The van der Waals surface area contributed by atoms with Crippen molar-refractivity contribution in [3.8, 4) is 17.1 Å². The normalized spacial score (nSPS) is 13.0. The average molecular weight is 545 g/mol. The van der Waals surface area contributed by atoms with Gasteiger partial charge in [-0.05, 0) is 50.5 Å². The summed E-state index contributed by atoms with van der Waals surface area (Å²) in [5.41, 5.74) is -1.91. The number of pyridine rings is 1. The molecule has 38 heavy (non-hydrogen) atoms. The summed E-state index contributed by atoms with van der Waals surface area (Å²) < 4.78 is 86.1. The van der Waals surface area contributed by atoms with Gasteiger partial charge in [0, 0.05) is 25.1 Å². The van der Waals surface area contributed by atoms with Crippen molar-refractivity contribution in [1.82, 2.24) is 25.0 Å². The Morgan fingerprint density at radius 2 is 1.82 bits per heavy atom. The van der Waals surface area contributed by atoms with Crippen LogP contribution in [0.1, 0.15) is 48.5 Å². The number of nitrogens with zero attached hydrogens (tertiary/aromatic N) is 5. The number of ether oxygens (including phenoxy) is 1. The van der Waals surface area contributed by atoms with Gasteiger partial charge in [-0.1, -0.05) is 0 Å². The number of carbonyl (C=O) groups excluding carboxylic acids is 1. The molecule has 0 aliphatic heterocycles. The molecule has 3 heterocycles. The predicted octanol–water partition coefficient (Wildman–Crippen LogP) is 4.61. The molecule has 0 spiro atoms. The summed E-state index contributed by atoms with van der Waals surface area (Å²) in [5.74, 6) is -0.619. The summed E-state index contributed by atoms with van der Waals surface area (Å²) in [6.07, 6.45) is -9.56. The minimum Gasteiger partial charge on any atom is -0.478 e. The van der Waals surface area contributed by atoms with E-state index in [1.165, 1.54) is 26.0 Å². The molecule has 0 amide bonds. The van der Waals surface area contributed by atoms with E-state index >= 15 is 0 Å². The third-order valence-corrected chi connectivity index (χ3v) is 5.28. The number of carbonyl (C=O) groups is 1. The highest BCUT2D eigenvalue weighted by Gasteiger charge is 2.38. The fourth-order valence-electron chi connectivity index (χ4n) is 3.71. The average Bonchev–Trinajstić information content (AvgIpc) is 3.20. The SMILES string of the molecule is CCOc1cc(CC(=O)CCc2cc(C)c(-c3cn(CC(C)O)nc3C(F)(F)F)nn2)cc(C(F)(F)F)n1. The molecule has 0 saturated carbocycles. The molecular formula is C24H25F6N5O3. The zero-order chi connectivity index (χ0) is 28.3. The molecule has 0 saturated heterocycles. The Morgan fingerprint density at radius 1 is 1.11 bits per heavy atom. The van der Waals surface area contributed by atoms with Crippen LogP contribution in [0.3, 0.4) is 0 Å². The molecule has 3 aromatic rings. The van der Waals surface area contributed by atoms with E-state index in [-0.39, 0.29) is 60.9 Å². The lowest BCUT2D eigenvalue weighted by Gasteiger charge is -2.11. The number of aromatic nitrogens is 5. The second-order valence-electron chi connectivity index (χ2n) is 8.67. The second-order valence-corrected chi connectivity index (χ2v) is 8.67. The molecule has 3 aromatic heterocycles. The van der Waals surface area contributed by atoms with Crippen LogP contribution < -0.4 is 4.74 Å². The summed E-state index contributed by atoms with van der Waals surface area (Å²) in [6, 6.07) is 3.55. The molecule has 8 nitrogen and oxygen atoms in total. The molecule has 206 valence electrons. The van der Waals surface area contributed by atoms with E-state index in [1.54, 1.807) is 6.92 Å². The monoisotopic (exact) mass is 545 g/mol. The maximum absolute atomic E-state index is 13.5. The number of alkyl halides is 6. The lowest BCUT2D eigenvalue weighted by atomic mass is 10.0. The second kappa shape index (κ2) is 11.5. The van der Waals surface area contributed by atoms with Gasteiger partial charge in [0.1, 0.15) is 11.5 Å². The molecule has 0 fully saturated rings. The van der Waals surface area contributed by atoms with Gasteiger partial charge >= 0.3 is 12.4 Å². The van der Waals surface area contributed by atoms with Crippen molar-refractivity contribution in [1.29, 1.82) is 0 Å². The van der Waals surface area contributed by atoms with Gasteiger partial charge in [0.2, 0.25) is 5.88 Å². The number of Topliss-reactive ketones (excluding diaryl/α,β-unsaturated/α-hetero) is 1. The van der Waals surface area contributed by atoms with Crippen molar-refractivity contribution in [2.24, 2.45) is 0 Å². The molecule has 3 rings (SSSR count). The first-order chi connectivity index (χ1) is 17.7. The number of hydrogen-bond acceptors (Lipinski definition) is 7. The quantitative estimate of drug-likeness (QED) is 0.372. The van der Waals surface area contributed by atoms with Crippen molar-refractivity contribution < 1.29 is 41.0 Å². The first-order valence-electron chi connectivity index (χ1n) is 11.6. The van der Waals surface area contributed by atoms with Gasteiger partial charge in [-0.25, -0.2) is 4.98 Å². The molecule has 0 aliphatic carbocycles. The van der Waals surface area contributed by atoms with Gasteiger partial charge < -0.3 is 9.84 Å². The third kappa shape index (κ3) is 7.49. The van der Waals surface area contributed by atoms with Crippen molar-refractivity contribution in [3.63, 3.8) is 0 Å². The zero-order valence-corrected chi connectivity index (χ0v) is 20.7. The summed E-state index contributed by atoms with van der Waals surface area (Å²) >= 11 is 0. The molecule has 0 aromatic carbocycles. The number of hydrogen-bond donors (Lipinski definition) is 1. The number of halogens is 6. The van der Waals surface area contributed by atoms with Crippen molar-refractivity contribution in [3.05, 3.63) is 52.6 Å². The Labute approximate surface area is 213 Å². The van der Waals surface area contributed by atoms with Gasteiger partial charge in [-0.2, -0.15) is 36.5 Å². The molecule has 0 aliphatic rings. The number of rotatable bonds is 10. The van der Waals surface area contributed by atoms with Gasteiger partial charge in [0.05, 0.1) is 36.2 Å². The van der Waals surface area contributed by atoms with Crippen LogP contribution in [0, 0.1) is 6.92 Å². The highest BCUT2D eigenvalue weighted by Crippen LogP contribution is 2.36. The smallest absolute Gasteiger partial charge is 0.435 e. The largest absolute Gasteiger partial charge is 0.478 e. The van der Waals surface area contributed by atoms with Crippen LogP contribution in [0.5, 0.6) is 5.88 Å². The van der Waals surface area contributed by atoms with Crippen LogP contribution in [0.25, 0.3) is 11.3 Å². The Balaban J connectivity index is 1.75. The van der Waals surface area contributed by atoms with E-state index in [1.807, 2.05) is 0 Å². The van der Waals surface area contributed by atoms with E-state index in [9.17, 15) is 36.2 Å². The number of aryl methyl sites for hydroxylation is 2. The van der Waals surface area contributed by atoms with Gasteiger partial charge in [0.15, 0.2) is 5.69 Å². The molecule has 1 unspecified atom stereocenters. The van der Waals surface area contributed by atoms with E-state index in [2.05, 4.69) is 20.3 Å². The predicted molar refractivity (Wildman–Crippen MR) is 122 cm³/mol. The van der Waals surface area contributed by atoms with Gasteiger partial charge in [0.25, 0.3) is 0 Å². The Hall–Kier alpha value is -3.55. The molecule has 0 radical (unpaired) electrons. The summed E-state index contributed by atoms with van der Waals surface area (Å²) in [6.45, 7) is 4.49. The van der Waals surface area contributed by atoms with Crippen molar-refractivity contribution >= 4 is 5.78 Å². The van der Waals surface area contributed by atoms with E-state index in [0.29, 0.717) is 11.3 Å². The summed E-state index contributed by atoms with van der Waals surface area (Å²) in [5, 5.41) is 20.9. The lowest BCUT2D eigenvalue weighted by molar-refractivity contribution is -0.142. The number of aliphatic hydroxyl groups excluding tert-OH is 1.